The first kappa shape index (κ1) is 8.69. The zero-order chi connectivity index (χ0) is 9.10. The summed E-state index contributed by atoms with van der Waals surface area (Å²) in [6.45, 7) is 0.954. The smallest absolute Gasteiger partial charge is 0.109 e. The van der Waals surface area contributed by atoms with Gasteiger partial charge in [-0.3, -0.25) is 10.6 Å². The van der Waals surface area contributed by atoms with E-state index in [1.165, 1.54) is 5.56 Å². The highest BCUT2D eigenvalue weighted by Crippen LogP contribution is 2.04. The molecular formula is C10H15N3. The molecule has 1 aliphatic heterocycles. The summed E-state index contributed by atoms with van der Waals surface area (Å²) in [5, 5.41) is 6.43. The predicted molar refractivity (Wildman–Crippen MR) is 53.0 cm³/mol. The van der Waals surface area contributed by atoms with Gasteiger partial charge in [0.2, 0.25) is 0 Å². The van der Waals surface area contributed by atoms with Crippen LogP contribution in [0.2, 0.25) is 0 Å². The van der Waals surface area contributed by atoms with E-state index in [0.717, 1.165) is 13.0 Å². The third-order valence-electron chi connectivity index (χ3n) is 2.32. The molecule has 1 aromatic rings. The summed E-state index contributed by atoms with van der Waals surface area (Å²) in [5.41, 5.74) is 7.01. The Kier molecular flexibility index (Phi) is 2.59. The molecule has 1 aliphatic rings. The average Bonchev–Trinajstić information content (AvgIpc) is 2.53. The second-order valence-electron chi connectivity index (χ2n) is 3.44. The minimum Gasteiger partial charge on any atom is -0.304 e. The Bertz CT molecular complexity index is 260. The molecule has 3 heteroatoms. The Balaban J connectivity index is 1.92. The van der Waals surface area contributed by atoms with E-state index >= 15 is 0 Å². The van der Waals surface area contributed by atoms with Crippen molar-refractivity contribution < 1.29 is 0 Å². The lowest BCUT2D eigenvalue weighted by atomic mass is 10.1. The normalized spacial score (nSPS) is 27.8. The van der Waals surface area contributed by atoms with Crippen LogP contribution in [0.15, 0.2) is 30.3 Å². The van der Waals surface area contributed by atoms with Crippen LogP contribution in [0, 0.1) is 0 Å². The molecule has 0 aliphatic carbocycles. The fourth-order valence-electron chi connectivity index (χ4n) is 1.67. The van der Waals surface area contributed by atoms with Gasteiger partial charge < -0.3 is 5.73 Å². The summed E-state index contributed by atoms with van der Waals surface area (Å²) in [7, 11) is 0. The Morgan fingerprint density at radius 2 is 2.08 bits per heavy atom. The molecule has 70 valence electrons. The molecule has 1 unspecified atom stereocenters. The van der Waals surface area contributed by atoms with E-state index in [9.17, 15) is 0 Å². The maximum atomic E-state index is 5.66. The van der Waals surface area contributed by atoms with Crippen molar-refractivity contribution in [3.63, 3.8) is 0 Å². The number of rotatable bonds is 2. The fraction of sp³-hybridized carbons (Fsp3) is 0.400. The van der Waals surface area contributed by atoms with Crippen molar-refractivity contribution >= 4 is 0 Å². The summed E-state index contributed by atoms with van der Waals surface area (Å²) in [6.07, 6.45) is 1.01. The molecular weight excluding hydrogens is 162 g/mol. The van der Waals surface area contributed by atoms with Gasteiger partial charge >= 0.3 is 0 Å². The first-order valence-corrected chi connectivity index (χ1v) is 4.63. The van der Waals surface area contributed by atoms with E-state index < -0.39 is 0 Å². The summed E-state index contributed by atoms with van der Waals surface area (Å²) >= 11 is 0. The average molecular weight is 177 g/mol. The van der Waals surface area contributed by atoms with Gasteiger partial charge in [-0.1, -0.05) is 30.3 Å². The molecule has 0 aromatic heterocycles. The maximum Gasteiger partial charge on any atom is 0.109 e. The standard InChI is InChI=1S/C10H15N3/c11-10-12-7-9(13-10)6-8-4-2-1-3-5-8/h1-5,9-10,12-13H,6-7,11H2/t9-,10?/m0/s1. The van der Waals surface area contributed by atoms with Crippen LogP contribution in [-0.4, -0.2) is 18.9 Å². The van der Waals surface area contributed by atoms with Gasteiger partial charge in [0.1, 0.15) is 6.29 Å². The number of nitrogens with two attached hydrogens (primary N) is 1. The van der Waals surface area contributed by atoms with Crippen LogP contribution in [0.4, 0.5) is 0 Å². The lowest BCUT2D eigenvalue weighted by Gasteiger charge is -2.09. The van der Waals surface area contributed by atoms with Gasteiger partial charge in [-0.15, -0.1) is 0 Å². The van der Waals surface area contributed by atoms with Gasteiger partial charge in [0.15, 0.2) is 0 Å². The van der Waals surface area contributed by atoms with E-state index in [1.54, 1.807) is 0 Å². The molecule has 1 fully saturated rings. The van der Waals surface area contributed by atoms with E-state index in [0.29, 0.717) is 6.04 Å². The van der Waals surface area contributed by atoms with Crippen molar-refractivity contribution in [1.29, 1.82) is 0 Å². The van der Waals surface area contributed by atoms with Gasteiger partial charge in [0.25, 0.3) is 0 Å². The SMILES string of the molecule is NC1NC[C@H](Cc2ccccc2)N1. The van der Waals surface area contributed by atoms with Gasteiger partial charge in [-0.25, -0.2) is 0 Å². The molecule has 0 amide bonds. The lowest BCUT2D eigenvalue weighted by Crippen LogP contribution is -2.41. The zero-order valence-corrected chi connectivity index (χ0v) is 7.53. The zero-order valence-electron chi connectivity index (χ0n) is 7.53. The summed E-state index contributed by atoms with van der Waals surface area (Å²) in [6, 6.07) is 10.9. The predicted octanol–water partition coefficient (Wildman–Crippen LogP) is 0.0328. The molecule has 13 heavy (non-hydrogen) atoms. The molecule has 4 N–H and O–H groups in total. The van der Waals surface area contributed by atoms with Crippen molar-refractivity contribution in [3.8, 4) is 0 Å². The Labute approximate surface area is 78.3 Å². The second kappa shape index (κ2) is 3.87. The Morgan fingerprint density at radius 1 is 1.31 bits per heavy atom. The van der Waals surface area contributed by atoms with Crippen LogP contribution in [0.1, 0.15) is 5.56 Å². The molecule has 0 radical (unpaired) electrons. The Hall–Kier alpha value is -0.900. The van der Waals surface area contributed by atoms with E-state index in [-0.39, 0.29) is 6.29 Å². The molecule has 3 nitrogen and oxygen atoms in total. The van der Waals surface area contributed by atoms with E-state index in [4.69, 9.17) is 5.73 Å². The van der Waals surface area contributed by atoms with Crippen molar-refractivity contribution in [3.05, 3.63) is 35.9 Å². The topological polar surface area (TPSA) is 50.1 Å². The fourth-order valence-corrected chi connectivity index (χ4v) is 1.67. The third kappa shape index (κ3) is 2.28. The first-order valence-electron chi connectivity index (χ1n) is 4.63. The maximum absolute atomic E-state index is 5.66. The van der Waals surface area contributed by atoms with Crippen molar-refractivity contribution in [2.24, 2.45) is 5.73 Å². The first-order chi connectivity index (χ1) is 6.34. The highest BCUT2D eigenvalue weighted by molar-refractivity contribution is 5.16. The quantitative estimate of drug-likeness (QED) is 0.597. The molecule has 0 bridgehead atoms. The molecule has 2 atom stereocenters. The van der Waals surface area contributed by atoms with Gasteiger partial charge in [0.05, 0.1) is 0 Å². The Morgan fingerprint density at radius 3 is 2.69 bits per heavy atom. The van der Waals surface area contributed by atoms with E-state index in [2.05, 4.69) is 34.9 Å². The molecule has 1 saturated heterocycles. The minimum absolute atomic E-state index is 0.0336. The second-order valence-corrected chi connectivity index (χ2v) is 3.44. The van der Waals surface area contributed by atoms with Crippen LogP contribution in [0.3, 0.4) is 0 Å². The van der Waals surface area contributed by atoms with Crippen LogP contribution < -0.4 is 16.4 Å². The monoisotopic (exact) mass is 177 g/mol. The largest absolute Gasteiger partial charge is 0.304 e. The minimum atomic E-state index is -0.0336. The van der Waals surface area contributed by atoms with E-state index in [1.807, 2.05) is 6.07 Å². The molecule has 1 heterocycles. The van der Waals surface area contributed by atoms with Crippen molar-refractivity contribution in [2.45, 2.75) is 18.8 Å². The summed E-state index contributed by atoms with van der Waals surface area (Å²) < 4.78 is 0. The highest BCUT2D eigenvalue weighted by atomic mass is 15.3. The number of nitrogens with one attached hydrogen (secondary N) is 2. The molecule has 0 saturated carbocycles. The lowest BCUT2D eigenvalue weighted by molar-refractivity contribution is 0.535. The van der Waals surface area contributed by atoms with Crippen LogP contribution >= 0.6 is 0 Å². The summed E-state index contributed by atoms with van der Waals surface area (Å²) in [4.78, 5) is 0. The molecule has 1 aromatic carbocycles. The van der Waals surface area contributed by atoms with Crippen LogP contribution in [0.5, 0.6) is 0 Å². The van der Waals surface area contributed by atoms with Crippen molar-refractivity contribution in [2.75, 3.05) is 6.54 Å². The summed E-state index contributed by atoms with van der Waals surface area (Å²) in [5.74, 6) is 0. The van der Waals surface area contributed by atoms with Crippen molar-refractivity contribution in [1.82, 2.24) is 10.6 Å². The van der Waals surface area contributed by atoms with Crippen LogP contribution in [0.25, 0.3) is 0 Å². The number of hydrogen-bond donors (Lipinski definition) is 3. The van der Waals surface area contributed by atoms with Gasteiger partial charge in [-0.05, 0) is 12.0 Å². The van der Waals surface area contributed by atoms with Crippen LogP contribution in [-0.2, 0) is 6.42 Å². The highest BCUT2D eigenvalue weighted by Gasteiger charge is 2.19. The van der Waals surface area contributed by atoms with Gasteiger partial charge in [-0.2, -0.15) is 0 Å². The molecule has 2 rings (SSSR count). The molecule has 0 spiro atoms. The van der Waals surface area contributed by atoms with Gasteiger partial charge in [0, 0.05) is 12.6 Å². The third-order valence-corrected chi connectivity index (χ3v) is 2.32. The number of benzene rings is 1. The number of hydrogen-bond acceptors (Lipinski definition) is 3.